The highest BCUT2D eigenvalue weighted by molar-refractivity contribution is 5.54. The number of methoxy groups -OCH3 is 2. The maximum atomic E-state index is 9.52. The summed E-state index contributed by atoms with van der Waals surface area (Å²) in [5, 5.41) is 9.52. The SMILES string of the molecule is COc1ccc(C)c(OC)c1O. The average Bonchev–Trinajstić information content (AvgIpc) is 2.06. The lowest BCUT2D eigenvalue weighted by molar-refractivity contribution is 0.338. The Morgan fingerprint density at radius 3 is 2.33 bits per heavy atom. The number of aryl methyl sites for hydroxylation is 1. The molecule has 0 aliphatic heterocycles. The molecule has 0 aliphatic carbocycles. The fraction of sp³-hybridized carbons (Fsp3) is 0.333. The Kier molecular flexibility index (Phi) is 2.43. The Labute approximate surface area is 71.5 Å². The van der Waals surface area contributed by atoms with Gasteiger partial charge in [-0.3, -0.25) is 0 Å². The molecule has 0 fully saturated rings. The van der Waals surface area contributed by atoms with Crippen molar-refractivity contribution in [3.05, 3.63) is 17.7 Å². The van der Waals surface area contributed by atoms with Crippen LogP contribution in [0.15, 0.2) is 12.1 Å². The van der Waals surface area contributed by atoms with Crippen molar-refractivity contribution >= 4 is 0 Å². The van der Waals surface area contributed by atoms with Crippen LogP contribution in [0.3, 0.4) is 0 Å². The molecule has 0 radical (unpaired) electrons. The smallest absolute Gasteiger partial charge is 0.201 e. The first kappa shape index (κ1) is 8.71. The first-order valence-electron chi connectivity index (χ1n) is 3.61. The van der Waals surface area contributed by atoms with Crippen molar-refractivity contribution in [1.82, 2.24) is 0 Å². The van der Waals surface area contributed by atoms with Crippen LogP contribution in [0.2, 0.25) is 0 Å². The van der Waals surface area contributed by atoms with Crippen LogP contribution in [0.4, 0.5) is 0 Å². The van der Waals surface area contributed by atoms with Crippen molar-refractivity contribution in [1.29, 1.82) is 0 Å². The quantitative estimate of drug-likeness (QED) is 0.730. The molecule has 66 valence electrons. The molecule has 1 aromatic carbocycles. The van der Waals surface area contributed by atoms with Crippen LogP contribution in [0.25, 0.3) is 0 Å². The van der Waals surface area contributed by atoms with Crippen molar-refractivity contribution in [2.75, 3.05) is 14.2 Å². The minimum atomic E-state index is 0.0556. The molecule has 3 nitrogen and oxygen atoms in total. The van der Waals surface area contributed by atoms with E-state index >= 15 is 0 Å². The summed E-state index contributed by atoms with van der Waals surface area (Å²) in [5.41, 5.74) is 0.885. The fourth-order valence-corrected chi connectivity index (χ4v) is 1.08. The third-order valence-corrected chi connectivity index (χ3v) is 1.72. The molecule has 0 saturated heterocycles. The van der Waals surface area contributed by atoms with Crippen molar-refractivity contribution in [3.63, 3.8) is 0 Å². The zero-order valence-electron chi connectivity index (χ0n) is 7.42. The summed E-state index contributed by atoms with van der Waals surface area (Å²) in [5.74, 6) is 0.951. The van der Waals surface area contributed by atoms with E-state index in [4.69, 9.17) is 9.47 Å². The standard InChI is InChI=1S/C9H12O3/c1-6-4-5-7(11-2)8(10)9(6)12-3/h4-5,10H,1-3H3. The van der Waals surface area contributed by atoms with Gasteiger partial charge in [0, 0.05) is 0 Å². The van der Waals surface area contributed by atoms with Crippen LogP contribution in [0.1, 0.15) is 5.56 Å². The molecule has 0 saturated carbocycles. The van der Waals surface area contributed by atoms with E-state index in [9.17, 15) is 5.11 Å². The monoisotopic (exact) mass is 168 g/mol. The summed E-state index contributed by atoms with van der Waals surface area (Å²) < 4.78 is 9.90. The highest BCUT2D eigenvalue weighted by atomic mass is 16.5. The van der Waals surface area contributed by atoms with Crippen LogP contribution in [0.5, 0.6) is 17.2 Å². The Hall–Kier alpha value is -1.38. The van der Waals surface area contributed by atoms with Crippen LogP contribution in [-0.2, 0) is 0 Å². The van der Waals surface area contributed by atoms with E-state index in [1.54, 1.807) is 6.07 Å². The summed E-state index contributed by atoms with van der Waals surface area (Å²) in [4.78, 5) is 0. The van der Waals surface area contributed by atoms with Gasteiger partial charge in [0.15, 0.2) is 11.5 Å². The zero-order valence-corrected chi connectivity index (χ0v) is 7.42. The van der Waals surface area contributed by atoms with Gasteiger partial charge in [0.2, 0.25) is 5.75 Å². The molecule has 0 aromatic heterocycles. The van der Waals surface area contributed by atoms with Crippen LogP contribution < -0.4 is 9.47 Å². The van der Waals surface area contributed by atoms with Gasteiger partial charge in [-0.1, -0.05) is 6.07 Å². The second-order valence-electron chi connectivity index (χ2n) is 2.47. The number of phenolic OH excluding ortho intramolecular Hbond substituents is 1. The van der Waals surface area contributed by atoms with Crippen molar-refractivity contribution < 1.29 is 14.6 Å². The second kappa shape index (κ2) is 3.34. The molecule has 0 unspecified atom stereocenters. The van der Waals surface area contributed by atoms with Gasteiger partial charge in [0.1, 0.15) is 0 Å². The van der Waals surface area contributed by atoms with Gasteiger partial charge in [0.05, 0.1) is 14.2 Å². The number of rotatable bonds is 2. The largest absolute Gasteiger partial charge is 0.502 e. The van der Waals surface area contributed by atoms with Crippen molar-refractivity contribution in [3.8, 4) is 17.2 Å². The number of aromatic hydroxyl groups is 1. The third-order valence-electron chi connectivity index (χ3n) is 1.72. The number of ether oxygens (including phenoxy) is 2. The topological polar surface area (TPSA) is 38.7 Å². The van der Waals surface area contributed by atoms with E-state index < -0.39 is 0 Å². The summed E-state index contributed by atoms with van der Waals surface area (Å²) in [7, 11) is 3.02. The van der Waals surface area contributed by atoms with Crippen molar-refractivity contribution in [2.24, 2.45) is 0 Å². The summed E-state index contributed by atoms with van der Waals surface area (Å²) in [6.45, 7) is 1.86. The summed E-state index contributed by atoms with van der Waals surface area (Å²) in [6, 6.07) is 3.53. The van der Waals surface area contributed by atoms with Gasteiger partial charge < -0.3 is 14.6 Å². The van der Waals surface area contributed by atoms with E-state index in [0.29, 0.717) is 11.5 Å². The van der Waals surface area contributed by atoms with Gasteiger partial charge in [-0.2, -0.15) is 0 Å². The predicted octanol–water partition coefficient (Wildman–Crippen LogP) is 1.72. The molecule has 1 N–H and O–H groups in total. The second-order valence-corrected chi connectivity index (χ2v) is 2.47. The average molecular weight is 168 g/mol. The molecule has 0 spiro atoms. The third kappa shape index (κ3) is 1.30. The number of hydrogen-bond acceptors (Lipinski definition) is 3. The number of benzene rings is 1. The molecule has 3 heteroatoms. The fourth-order valence-electron chi connectivity index (χ4n) is 1.08. The van der Waals surface area contributed by atoms with Crippen molar-refractivity contribution in [2.45, 2.75) is 6.92 Å². The molecule has 1 aromatic rings. The highest BCUT2D eigenvalue weighted by Gasteiger charge is 2.10. The lowest BCUT2D eigenvalue weighted by atomic mass is 10.2. The van der Waals surface area contributed by atoms with E-state index in [2.05, 4.69) is 0 Å². The van der Waals surface area contributed by atoms with Gasteiger partial charge in [-0.05, 0) is 18.6 Å². The van der Waals surface area contributed by atoms with Gasteiger partial charge in [-0.25, -0.2) is 0 Å². The van der Waals surface area contributed by atoms with Gasteiger partial charge in [-0.15, -0.1) is 0 Å². The minimum absolute atomic E-state index is 0.0556. The maximum Gasteiger partial charge on any atom is 0.201 e. The summed E-state index contributed by atoms with van der Waals surface area (Å²) in [6.07, 6.45) is 0. The Morgan fingerprint density at radius 2 is 1.83 bits per heavy atom. The molecular formula is C9H12O3. The van der Waals surface area contributed by atoms with E-state index in [1.807, 2.05) is 13.0 Å². The zero-order chi connectivity index (χ0) is 9.14. The molecular weight excluding hydrogens is 156 g/mol. The summed E-state index contributed by atoms with van der Waals surface area (Å²) >= 11 is 0. The van der Waals surface area contributed by atoms with E-state index in [0.717, 1.165) is 5.56 Å². The number of phenols is 1. The van der Waals surface area contributed by atoms with Gasteiger partial charge in [0.25, 0.3) is 0 Å². The van der Waals surface area contributed by atoms with Crippen LogP contribution in [-0.4, -0.2) is 19.3 Å². The van der Waals surface area contributed by atoms with E-state index in [1.165, 1.54) is 14.2 Å². The molecule has 0 atom stereocenters. The molecule has 0 aliphatic rings. The predicted molar refractivity (Wildman–Crippen MR) is 45.9 cm³/mol. The Balaban J connectivity index is 3.24. The molecule has 0 heterocycles. The normalized spacial score (nSPS) is 9.58. The Bertz CT molecular complexity index is 281. The number of hydrogen-bond donors (Lipinski definition) is 1. The van der Waals surface area contributed by atoms with E-state index in [-0.39, 0.29) is 5.75 Å². The molecule has 0 amide bonds. The lowest BCUT2D eigenvalue weighted by Crippen LogP contribution is -1.90. The van der Waals surface area contributed by atoms with Crippen LogP contribution in [0, 0.1) is 6.92 Å². The molecule has 0 bridgehead atoms. The van der Waals surface area contributed by atoms with Gasteiger partial charge >= 0.3 is 0 Å². The minimum Gasteiger partial charge on any atom is -0.502 e. The Morgan fingerprint density at radius 1 is 1.17 bits per heavy atom. The highest BCUT2D eigenvalue weighted by Crippen LogP contribution is 2.37. The lowest BCUT2D eigenvalue weighted by Gasteiger charge is -2.09. The van der Waals surface area contributed by atoms with Crippen LogP contribution >= 0.6 is 0 Å². The maximum absolute atomic E-state index is 9.52. The molecule has 12 heavy (non-hydrogen) atoms. The first-order valence-corrected chi connectivity index (χ1v) is 3.61. The first-order chi connectivity index (χ1) is 5.70. The molecule has 1 rings (SSSR count).